The summed E-state index contributed by atoms with van der Waals surface area (Å²) in [4.78, 5) is 17.9. The van der Waals surface area contributed by atoms with Gasteiger partial charge in [-0.1, -0.05) is 34.8 Å². The van der Waals surface area contributed by atoms with Crippen molar-refractivity contribution in [2.45, 2.75) is 13.8 Å². The Bertz CT molecular complexity index is 1430. The van der Waals surface area contributed by atoms with Crippen LogP contribution in [0.15, 0.2) is 41.2 Å². The number of nitrogens with zero attached hydrogens (tertiary/aromatic N) is 1. The molecule has 2 heterocycles. The van der Waals surface area contributed by atoms with Gasteiger partial charge < -0.3 is 4.98 Å². The van der Waals surface area contributed by atoms with Gasteiger partial charge in [-0.05, 0) is 89.5 Å². The molecule has 0 aliphatic rings. The van der Waals surface area contributed by atoms with E-state index in [1.54, 1.807) is 32.0 Å². The third-order valence-corrected chi connectivity index (χ3v) is 5.27. The van der Waals surface area contributed by atoms with Crippen LogP contribution in [0.1, 0.15) is 11.1 Å². The van der Waals surface area contributed by atoms with Gasteiger partial charge in [-0.2, -0.15) is 0 Å². The number of aromatic amines is 1. The lowest BCUT2D eigenvalue weighted by Gasteiger charge is -2.03. The number of hydrogen-bond acceptors (Lipinski definition) is 3. The van der Waals surface area contributed by atoms with Crippen LogP contribution < -0.4 is 5.56 Å². The standard InChI is InChI=1S/C10H6Cl2FN.C10H7ClFNO.Cl3OP/c1-5-4-6-8(14-10(5)12)3-2-7(13)9(6)11;1-5-4-6-8(13-10(5)14)3-2-7(12)9(6)11;1-5(2,3)4/h2-4H,1H3;2-4H,1H3,(H,13,14);. The highest BCUT2D eigenvalue weighted by molar-refractivity contribution is 8.24. The maximum absolute atomic E-state index is 13.1. The van der Waals surface area contributed by atoms with Gasteiger partial charge in [0.15, 0.2) is 0 Å². The Labute approximate surface area is 216 Å². The van der Waals surface area contributed by atoms with Gasteiger partial charge >= 0.3 is 5.20 Å². The summed E-state index contributed by atoms with van der Waals surface area (Å²) in [5, 5.41) is -1.55. The van der Waals surface area contributed by atoms with Gasteiger partial charge in [-0.15, -0.1) is 0 Å². The van der Waals surface area contributed by atoms with Crippen LogP contribution in [0.3, 0.4) is 0 Å². The molecule has 0 bridgehead atoms. The lowest BCUT2D eigenvalue weighted by Crippen LogP contribution is -2.08. The average Bonchev–Trinajstić information content (AvgIpc) is 2.70. The monoisotopic (exact) mass is 592 g/mol. The molecule has 176 valence electrons. The second kappa shape index (κ2) is 11.5. The second-order valence-corrected chi connectivity index (χ2v) is 14.3. The van der Waals surface area contributed by atoms with Gasteiger partial charge in [-0.3, -0.25) is 9.36 Å². The fraction of sp³-hybridized carbons (Fsp3) is 0.100. The average molecular weight is 595 g/mol. The molecule has 0 aliphatic heterocycles. The third-order valence-electron chi connectivity index (χ3n) is 4.11. The molecule has 0 saturated carbocycles. The molecule has 0 saturated heterocycles. The largest absolute Gasteiger partial charge is 0.339 e. The number of aromatic nitrogens is 2. The summed E-state index contributed by atoms with van der Waals surface area (Å²) in [7, 11) is 0. The van der Waals surface area contributed by atoms with Crippen molar-refractivity contribution in [1.82, 2.24) is 9.97 Å². The summed E-state index contributed by atoms with van der Waals surface area (Å²) in [6.45, 7) is 3.45. The lowest BCUT2D eigenvalue weighted by molar-refractivity contribution is 0.600. The van der Waals surface area contributed by atoms with Crippen molar-refractivity contribution >= 4 is 95.5 Å². The number of nitrogens with one attached hydrogen (secondary N) is 1. The quantitative estimate of drug-likeness (QED) is 0.163. The molecule has 4 rings (SSSR count). The Balaban J connectivity index is 0.000000195. The normalized spacial score (nSPS) is 11.0. The third kappa shape index (κ3) is 7.97. The maximum Gasteiger partial charge on any atom is 0.339 e. The van der Waals surface area contributed by atoms with E-state index in [1.807, 2.05) is 0 Å². The van der Waals surface area contributed by atoms with Crippen LogP contribution in [0.2, 0.25) is 15.2 Å². The summed E-state index contributed by atoms with van der Waals surface area (Å²) in [6.07, 6.45) is 0. The van der Waals surface area contributed by atoms with Crippen LogP contribution in [0.25, 0.3) is 21.8 Å². The first-order valence-corrected chi connectivity index (χ1v) is 14.3. The van der Waals surface area contributed by atoms with Gasteiger partial charge in [0.25, 0.3) is 5.56 Å². The molecule has 0 radical (unpaired) electrons. The SMILES string of the molecule is Cc1cc2c(Cl)c(F)ccc2[nH]c1=O.Cc1cc2c(Cl)c(F)ccc2nc1Cl.O=P(Cl)(Cl)Cl. The predicted molar refractivity (Wildman–Crippen MR) is 136 cm³/mol. The summed E-state index contributed by atoms with van der Waals surface area (Å²) >= 11 is 31.2. The van der Waals surface area contributed by atoms with E-state index >= 15 is 0 Å². The van der Waals surface area contributed by atoms with Crippen molar-refractivity contribution in [3.63, 3.8) is 0 Å². The molecule has 4 aromatic rings. The Hall–Kier alpha value is -1.11. The molecule has 33 heavy (non-hydrogen) atoms. The Morgan fingerprint density at radius 2 is 1.33 bits per heavy atom. The topological polar surface area (TPSA) is 62.8 Å². The van der Waals surface area contributed by atoms with Crippen LogP contribution in [-0.4, -0.2) is 9.97 Å². The molecule has 0 aliphatic carbocycles. The first-order valence-electron chi connectivity index (χ1n) is 8.76. The molecule has 0 spiro atoms. The highest BCUT2D eigenvalue weighted by Gasteiger charge is 2.08. The minimum absolute atomic E-state index is 0.0434. The highest BCUT2D eigenvalue weighted by atomic mass is 36.0. The van der Waals surface area contributed by atoms with E-state index in [0.29, 0.717) is 32.5 Å². The molecule has 1 N–H and O–H groups in total. The van der Waals surface area contributed by atoms with Gasteiger partial charge in [0.05, 0.1) is 15.6 Å². The number of benzene rings is 2. The molecule has 2 aromatic carbocycles. The summed E-state index contributed by atoms with van der Waals surface area (Å²) in [6, 6.07) is 8.88. The summed E-state index contributed by atoms with van der Waals surface area (Å²) < 4.78 is 35.7. The highest BCUT2D eigenvalue weighted by Crippen LogP contribution is 2.61. The van der Waals surface area contributed by atoms with E-state index in [1.165, 1.54) is 18.2 Å². The Morgan fingerprint density at radius 3 is 1.91 bits per heavy atom. The van der Waals surface area contributed by atoms with Crippen LogP contribution in [-0.2, 0) is 4.57 Å². The van der Waals surface area contributed by atoms with Gasteiger partial charge in [0, 0.05) is 21.9 Å². The van der Waals surface area contributed by atoms with E-state index in [0.717, 1.165) is 5.56 Å². The smallest absolute Gasteiger partial charge is 0.322 e. The Kier molecular flexibility index (Phi) is 9.84. The summed E-state index contributed by atoms with van der Waals surface area (Å²) in [5.74, 6) is -0.923. The number of pyridine rings is 2. The van der Waals surface area contributed by atoms with E-state index in [2.05, 4.69) is 43.7 Å². The first kappa shape index (κ1) is 28.1. The van der Waals surface area contributed by atoms with E-state index in [4.69, 9.17) is 34.8 Å². The van der Waals surface area contributed by atoms with Gasteiger partial charge in [0.2, 0.25) is 0 Å². The molecule has 0 unspecified atom stereocenters. The number of rotatable bonds is 0. The van der Waals surface area contributed by atoms with Crippen molar-refractivity contribution in [2.75, 3.05) is 0 Å². The number of H-pyrrole nitrogens is 1. The van der Waals surface area contributed by atoms with E-state index in [-0.39, 0.29) is 15.6 Å². The van der Waals surface area contributed by atoms with Gasteiger partial charge in [-0.25, -0.2) is 13.8 Å². The van der Waals surface area contributed by atoms with Crippen molar-refractivity contribution in [3.05, 3.63) is 84.7 Å². The van der Waals surface area contributed by atoms with Crippen LogP contribution in [0, 0.1) is 25.5 Å². The molecule has 0 atom stereocenters. The van der Waals surface area contributed by atoms with Crippen LogP contribution in [0.4, 0.5) is 8.78 Å². The Morgan fingerprint density at radius 1 is 0.848 bits per heavy atom. The van der Waals surface area contributed by atoms with Crippen molar-refractivity contribution in [1.29, 1.82) is 0 Å². The second-order valence-electron chi connectivity index (χ2n) is 6.53. The molecular formula is C20H13Cl6F2N2O2P. The van der Waals surface area contributed by atoms with Gasteiger partial charge in [0.1, 0.15) is 16.8 Å². The zero-order valence-electron chi connectivity index (χ0n) is 16.7. The van der Waals surface area contributed by atoms with Crippen molar-refractivity contribution < 1.29 is 13.3 Å². The zero-order chi connectivity index (χ0) is 25.1. The van der Waals surface area contributed by atoms with Crippen LogP contribution in [0.5, 0.6) is 0 Å². The maximum atomic E-state index is 13.1. The van der Waals surface area contributed by atoms with E-state index in [9.17, 15) is 18.1 Å². The molecule has 0 amide bonds. The lowest BCUT2D eigenvalue weighted by atomic mass is 10.1. The zero-order valence-corrected chi connectivity index (χ0v) is 22.1. The summed E-state index contributed by atoms with van der Waals surface area (Å²) in [5.41, 5.74) is 2.27. The predicted octanol–water partition coefficient (Wildman–Crippen LogP) is 9.43. The fourth-order valence-corrected chi connectivity index (χ4v) is 3.16. The van der Waals surface area contributed by atoms with Crippen LogP contribution >= 0.6 is 73.7 Å². The number of fused-ring (bicyclic) bond motifs is 2. The molecular weight excluding hydrogens is 582 g/mol. The molecule has 13 heteroatoms. The molecule has 4 nitrogen and oxygen atoms in total. The molecule has 0 fully saturated rings. The minimum atomic E-state index is -3.22. The molecule has 2 aromatic heterocycles. The number of halogens is 8. The number of hydrogen-bond donors (Lipinski definition) is 1. The van der Waals surface area contributed by atoms with Crippen molar-refractivity contribution in [3.8, 4) is 0 Å². The minimum Gasteiger partial charge on any atom is -0.322 e. The van der Waals surface area contributed by atoms with Crippen molar-refractivity contribution in [2.24, 2.45) is 0 Å². The van der Waals surface area contributed by atoms with E-state index < -0.39 is 16.8 Å². The first-order chi connectivity index (χ1) is 15.2. The fourth-order valence-electron chi connectivity index (χ4n) is 2.58. The number of aryl methyl sites for hydroxylation is 2.